The van der Waals surface area contributed by atoms with Crippen molar-refractivity contribution in [1.29, 1.82) is 0 Å². The predicted octanol–water partition coefficient (Wildman–Crippen LogP) is 2.46. The van der Waals surface area contributed by atoms with Crippen molar-refractivity contribution in [2.75, 3.05) is 12.3 Å². The lowest BCUT2D eigenvalue weighted by molar-refractivity contribution is -0.0882. The van der Waals surface area contributed by atoms with Gasteiger partial charge in [0.1, 0.15) is 11.4 Å². The second-order valence-corrected chi connectivity index (χ2v) is 5.42. The van der Waals surface area contributed by atoms with E-state index in [9.17, 15) is 0 Å². The van der Waals surface area contributed by atoms with Crippen LogP contribution in [0.4, 0.5) is 5.95 Å². The topological polar surface area (TPSA) is 73.9 Å². The van der Waals surface area contributed by atoms with E-state index in [1.807, 2.05) is 13.8 Å². The molecule has 2 atom stereocenters. The Bertz CT molecular complexity index is 433. The first-order chi connectivity index (χ1) is 9.09. The molecule has 0 aromatic carbocycles. The number of nitrogen functional groups attached to an aromatic ring is 1. The Balaban J connectivity index is 2.40. The fourth-order valence-corrected chi connectivity index (χ4v) is 2.98. The van der Waals surface area contributed by atoms with E-state index < -0.39 is 0 Å². The van der Waals surface area contributed by atoms with Gasteiger partial charge >= 0.3 is 0 Å². The largest absolute Gasteiger partial charge is 0.368 e. The quantitative estimate of drug-likeness (QED) is 0.904. The molecule has 19 heavy (non-hydrogen) atoms. The molecule has 0 spiro atoms. The van der Waals surface area contributed by atoms with Gasteiger partial charge in [0.15, 0.2) is 5.82 Å². The van der Waals surface area contributed by atoms with E-state index in [1.54, 1.807) is 0 Å². The third-order valence-electron chi connectivity index (χ3n) is 3.80. The Morgan fingerprint density at radius 2 is 2.11 bits per heavy atom. The lowest BCUT2D eigenvalue weighted by atomic mass is 9.78. The fourth-order valence-electron chi connectivity index (χ4n) is 2.98. The monoisotopic (exact) mass is 264 g/mol. The van der Waals surface area contributed by atoms with Crippen LogP contribution >= 0.6 is 0 Å². The van der Waals surface area contributed by atoms with Gasteiger partial charge in [-0.3, -0.25) is 0 Å². The summed E-state index contributed by atoms with van der Waals surface area (Å²) in [5.74, 6) is 2.41. The first-order valence-corrected chi connectivity index (χ1v) is 7.24. The van der Waals surface area contributed by atoms with Gasteiger partial charge < -0.3 is 10.5 Å². The number of anilines is 1. The number of ether oxygens (including phenoxy) is 1. The van der Waals surface area contributed by atoms with Crippen molar-refractivity contribution in [1.82, 2.24) is 15.0 Å². The van der Waals surface area contributed by atoms with Crippen molar-refractivity contribution < 1.29 is 4.74 Å². The van der Waals surface area contributed by atoms with Crippen molar-refractivity contribution in [3.05, 3.63) is 11.6 Å². The average molecular weight is 264 g/mol. The number of hydrogen-bond acceptors (Lipinski definition) is 5. The molecular formula is C14H24N4O. The van der Waals surface area contributed by atoms with Crippen LogP contribution in [0.3, 0.4) is 0 Å². The Labute approximate surface area is 115 Å². The number of rotatable bonds is 4. The summed E-state index contributed by atoms with van der Waals surface area (Å²) in [4.78, 5) is 13.1. The van der Waals surface area contributed by atoms with Gasteiger partial charge in [-0.05, 0) is 32.1 Å². The zero-order valence-electron chi connectivity index (χ0n) is 12.1. The van der Waals surface area contributed by atoms with E-state index in [2.05, 4.69) is 21.9 Å². The third kappa shape index (κ3) is 3.03. The van der Waals surface area contributed by atoms with Crippen LogP contribution in [0.2, 0.25) is 0 Å². The molecule has 1 aliphatic rings. The Kier molecular flexibility index (Phi) is 4.34. The molecule has 1 fully saturated rings. The van der Waals surface area contributed by atoms with Crippen LogP contribution in [-0.2, 0) is 16.8 Å². The molecule has 0 radical (unpaired) electrons. The SMILES string of the molecule is CCOC1(c2nc(N)nc(CC)n2)CCCC(C)C1. The predicted molar refractivity (Wildman–Crippen MR) is 74.6 cm³/mol. The second kappa shape index (κ2) is 5.82. The molecule has 1 aliphatic carbocycles. The Hall–Kier alpha value is -1.23. The maximum absolute atomic E-state index is 6.07. The van der Waals surface area contributed by atoms with Crippen molar-refractivity contribution in [2.24, 2.45) is 5.92 Å². The number of aromatic nitrogens is 3. The van der Waals surface area contributed by atoms with Gasteiger partial charge in [-0.1, -0.05) is 20.3 Å². The highest BCUT2D eigenvalue weighted by molar-refractivity contribution is 5.19. The van der Waals surface area contributed by atoms with E-state index in [-0.39, 0.29) is 5.60 Å². The smallest absolute Gasteiger partial charge is 0.223 e. The lowest BCUT2D eigenvalue weighted by Crippen LogP contribution is -2.37. The van der Waals surface area contributed by atoms with E-state index in [4.69, 9.17) is 10.5 Å². The van der Waals surface area contributed by atoms with Crippen LogP contribution in [-0.4, -0.2) is 21.6 Å². The molecule has 1 saturated carbocycles. The first-order valence-electron chi connectivity index (χ1n) is 7.24. The number of hydrogen-bond donors (Lipinski definition) is 1. The summed E-state index contributed by atoms with van der Waals surface area (Å²) in [5.41, 5.74) is 5.45. The molecule has 5 nitrogen and oxygen atoms in total. The molecule has 5 heteroatoms. The molecule has 0 saturated heterocycles. The summed E-state index contributed by atoms with van der Waals surface area (Å²) < 4.78 is 6.07. The number of aryl methyl sites for hydroxylation is 1. The van der Waals surface area contributed by atoms with Crippen LogP contribution in [0.1, 0.15) is 58.1 Å². The molecule has 2 unspecified atom stereocenters. The first kappa shape index (κ1) is 14.2. The van der Waals surface area contributed by atoms with Gasteiger partial charge in [0.2, 0.25) is 5.95 Å². The van der Waals surface area contributed by atoms with E-state index >= 15 is 0 Å². The van der Waals surface area contributed by atoms with Crippen molar-refractivity contribution in [3.63, 3.8) is 0 Å². The van der Waals surface area contributed by atoms with E-state index in [1.165, 1.54) is 6.42 Å². The van der Waals surface area contributed by atoms with E-state index in [0.717, 1.165) is 37.3 Å². The molecule has 0 aliphatic heterocycles. The summed E-state index contributed by atoms with van der Waals surface area (Å²) in [6.07, 6.45) is 5.09. The summed E-state index contributed by atoms with van der Waals surface area (Å²) in [5, 5.41) is 0. The van der Waals surface area contributed by atoms with Crippen molar-refractivity contribution in [3.8, 4) is 0 Å². The van der Waals surface area contributed by atoms with Crippen LogP contribution in [0.25, 0.3) is 0 Å². The maximum Gasteiger partial charge on any atom is 0.223 e. The summed E-state index contributed by atoms with van der Waals surface area (Å²) >= 11 is 0. The second-order valence-electron chi connectivity index (χ2n) is 5.42. The Morgan fingerprint density at radius 3 is 2.74 bits per heavy atom. The van der Waals surface area contributed by atoms with Gasteiger partial charge in [0.05, 0.1) is 0 Å². The minimum atomic E-state index is -0.368. The molecule has 0 amide bonds. The molecule has 1 aromatic heterocycles. The number of nitrogens with two attached hydrogens (primary N) is 1. The zero-order valence-corrected chi connectivity index (χ0v) is 12.1. The molecule has 106 valence electrons. The van der Waals surface area contributed by atoms with Crippen molar-refractivity contribution >= 4 is 5.95 Å². The maximum atomic E-state index is 6.07. The molecule has 2 N–H and O–H groups in total. The molecular weight excluding hydrogens is 240 g/mol. The highest BCUT2D eigenvalue weighted by Gasteiger charge is 2.40. The summed E-state index contributed by atoms with van der Waals surface area (Å²) in [7, 11) is 0. The standard InChI is InChI=1S/C14H24N4O/c1-4-11-16-12(18-13(15)17-11)14(19-5-2)8-6-7-10(3)9-14/h10H,4-9H2,1-3H3,(H2,15,16,17,18). The minimum absolute atomic E-state index is 0.305. The van der Waals surface area contributed by atoms with Crippen LogP contribution in [0.5, 0.6) is 0 Å². The molecule has 0 bridgehead atoms. The summed E-state index contributed by atoms with van der Waals surface area (Å²) in [6.45, 7) is 6.97. The highest BCUT2D eigenvalue weighted by Crippen LogP contribution is 2.41. The van der Waals surface area contributed by atoms with Crippen LogP contribution in [0.15, 0.2) is 0 Å². The van der Waals surface area contributed by atoms with Gasteiger partial charge in [-0.25, -0.2) is 4.98 Å². The van der Waals surface area contributed by atoms with Gasteiger partial charge in [0, 0.05) is 13.0 Å². The van der Waals surface area contributed by atoms with Crippen LogP contribution < -0.4 is 5.73 Å². The third-order valence-corrected chi connectivity index (χ3v) is 3.80. The number of nitrogens with zero attached hydrogens (tertiary/aromatic N) is 3. The van der Waals surface area contributed by atoms with Crippen molar-refractivity contribution in [2.45, 2.75) is 58.5 Å². The summed E-state index contributed by atoms with van der Waals surface area (Å²) in [6, 6.07) is 0. The molecule has 1 aromatic rings. The minimum Gasteiger partial charge on any atom is -0.368 e. The normalized spacial score (nSPS) is 27.4. The zero-order chi connectivity index (χ0) is 13.9. The lowest BCUT2D eigenvalue weighted by Gasteiger charge is -2.38. The van der Waals surface area contributed by atoms with Gasteiger partial charge in [-0.2, -0.15) is 9.97 Å². The van der Waals surface area contributed by atoms with Gasteiger partial charge in [-0.15, -0.1) is 0 Å². The van der Waals surface area contributed by atoms with E-state index in [0.29, 0.717) is 18.5 Å². The molecule has 1 heterocycles. The highest BCUT2D eigenvalue weighted by atomic mass is 16.5. The average Bonchev–Trinajstić information content (AvgIpc) is 2.38. The van der Waals surface area contributed by atoms with Crippen LogP contribution in [0, 0.1) is 5.92 Å². The molecule has 2 rings (SSSR count). The van der Waals surface area contributed by atoms with Gasteiger partial charge in [0.25, 0.3) is 0 Å². The Morgan fingerprint density at radius 1 is 1.32 bits per heavy atom. The fraction of sp³-hybridized carbons (Fsp3) is 0.786.